The van der Waals surface area contributed by atoms with Crippen LogP contribution in [0.4, 0.5) is 0 Å². The van der Waals surface area contributed by atoms with E-state index in [0.29, 0.717) is 12.3 Å². The van der Waals surface area contributed by atoms with Crippen molar-refractivity contribution in [3.8, 4) is 0 Å². The molecular weight excluding hydrogens is 206 g/mol. The van der Waals surface area contributed by atoms with Gasteiger partial charge in [0.15, 0.2) is 0 Å². The molecule has 2 fully saturated rings. The molecule has 0 heterocycles. The predicted molar refractivity (Wildman–Crippen MR) is 59.7 cm³/mol. The first-order valence-corrected chi connectivity index (χ1v) is 6.19. The van der Waals surface area contributed by atoms with E-state index in [1.54, 1.807) is 0 Å². The summed E-state index contributed by atoms with van der Waals surface area (Å²) in [6.07, 6.45) is 4.08. The summed E-state index contributed by atoms with van der Waals surface area (Å²) in [5.41, 5.74) is -0.826. The quantitative estimate of drug-likeness (QED) is 0.610. The third kappa shape index (κ3) is 2.23. The van der Waals surface area contributed by atoms with Crippen LogP contribution in [-0.2, 0) is 4.79 Å². The maximum Gasteiger partial charge on any atom is 0.224 e. The van der Waals surface area contributed by atoms with Crippen molar-refractivity contribution in [3.05, 3.63) is 0 Å². The molecule has 0 spiro atoms. The molecule has 2 aliphatic carbocycles. The highest BCUT2D eigenvalue weighted by atomic mass is 16.3. The summed E-state index contributed by atoms with van der Waals surface area (Å²) in [5, 5.41) is 21.3. The van der Waals surface area contributed by atoms with Gasteiger partial charge in [-0.2, -0.15) is 0 Å². The Hall–Kier alpha value is -0.610. The van der Waals surface area contributed by atoms with Crippen molar-refractivity contribution in [2.45, 2.75) is 38.1 Å². The zero-order valence-corrected chi connectivity index (χ0v) is 9.78. The lowest BCUT2D eigenvalue weighted by atomic mass is 9.98. The van der Waals surface area contributed by atoms with Crippen molar-refractivity contribution in [2.24, 2.45) is 17.8 Å². The molecule has 0 aliphatic heterocycles. The Balaban J connectivity index is 1.86. The first-order valence-electron chi connectivity index (χ1n) is 6.19. The number of carbonyl (C=O) groups is 1. The zero-order chi connectivity index (χ0) is 11.8. The Morgan fingerprint density at radius 2 is 2.00 bits per heavy atom. The number of aliphatic hydroxyl groups is 2. The number of rotatable bonds is 6. The molecule has 2 rings (SSSR count). The predicted octanol–water partition coefficient (Wildman–Crippen LogP) is 0.282. The third-order valence-electron chi connectivity index (χ3n) is 4.07. The molecule has 4 heteroatoms. The summed E-state index contributed by atoms with van der Waals surface area (Å²) in [5.74, 6) is 1.50. The van der Waals surface area contributed by atoms with Gasteiger partial charge in [-0.05, 0) is 37.5 Å². The Bertz CT molecular complexity index is 263. The minimum atomic E-state index is -0.826. The maximum absolute atomic E-state index is 11.9. The van der Waals surface area contributed by atoms with Gasteiger partial charge in [0.1, 0.15) is 0 Å². The van der Waals surface area contributed by atoms with Crippen LogP contribution in [0.25, 0.3) is 0 Å². The molecule has 0 aromatic rings. The summed E-state index contributed by atoms with van der Waals surface area (Å²) in [6, 6.07) is 0. The van der Waals surface area contributed by atoms with Gasteiger partial charge in [-0.15, -0.1) is 0 Å². The van der Waals surface area contributed by atoms with Crippen LogP contribution in [-0.4, -0.2) is 34.9 Å². The van der Waals surface area contributed by atoms with E-state index >= 15 is 0 Å². The lowest BCUT2D eigenvalue weighted by Crippen LogP contribution is -2.54. The maximum atomic E-state index is 11.9. The molecule has 16 heavy (non-hydrogen) atoms. The monoisotopic (exact) mass is 227 g/mol. The van der Waals surface area contributed by atoms with Gasteiger partial charge in [-0.3, -0.25) is 4.79 Å². The van der Waals surface area contributed by atoms with Crippen LogP contribution in [0.3, 0.4) is 0 Å². The van der Waals surface area contributed by atoms with Crippen molar-refractivity contribution < 1.29 is 15.0 Å². The van der Waals surface area contributed by atoms with Crippen LogP contribution < -0.4 is 5.32 Å². The number of amides is 1. The van der Waals surface area contributed by atoms with Crippen molar-refractivity contribution in [3.63, 3.8) is 0 Å². The molecule has 4 nitrogen and oxygen atoms in total. The first kappa shape index (κ1) is 11.9. The van der Waals surface area contributed by atoms with Crippen molar-refractivity contribution in [1.29, 1.82) is 0 Å². The smallest absolute Gasteiger partial charge is 0.224 e. The lowest BCUT2D eigenvalue weighted by Gasteiger charge is -2.29. The summed E-state index contributed by atoms with van der Waals surface area (Å²) in [6.45, 7) is 1.46. The fraction of sp³-hybridized carbons (Fsp3) is 0.917. The van der Waals surface area contributed by atoms with Gasteiger partial charge in [-0.25, -0.2) is 0 Å². The Morgan fingerprint density at radius 3 is 2.44 bits per heavy atom. The van der Waals surface area contributed by atoms with Gasteiger partial charge in [0.2, 0.25) is 5.91 Å². The number of aliphatic hydroxyl groups excluding tert-OH is 2. The van der Waals surface area contributed by atoms with E-state index in [0.717, 1.165) is 12.3 Å². The molecule has 0 unspecified atom stereocenters. The SMILES string of the molecule is CCC(CO)(CO)NC(=O)[C@@H]1C[C@@H]1C1CC1. The van der Waals surface area contributed by atoms with E-state index in [1.807, 2.05) is 6.92 Å². The van der Waals surface area contributed by atoms with Gasteiger partial charge in [-0.1, -0.05) is 6.92 Å². The van der Waals surface area contributed by atoms with E-state index < -0.39 is 5.54 Å². The topological polar surface area (TPSA) is 69.6 Å². The standard InChI is InChI=1S/C12H21NO3/c1-2-12(6-14,7-15)13-11(16)10-5-9(10)8-3-4-8/h8-10,14-15H,2-7H2,1H3,(H,13,16)/t9-,10-/m1/s1. The second kappa shape index (κ2) is 4.34. The lowest BCUT2D eigenvalue weighted by molar-refractivity contribution is -0.126. The number of hydrogen-bond donors (Lipinski definition) is 3. The Labute approximate surface area is 96.0 Å². The zero-order valence-electron chi connectivity index (χ0n) is 9.78. The Kier molecular flexibility index (Phi) is 3.22. The molecule has 3 N–H and O–H groups in total. The van der Waals surface area contributed by atoms with Crippen LogP contribution in [0.1, 0.15) is 32.6 Å². The number of hydrogen-bond acceptors (Lipinski definition) is 3. The molecule has 0 aromatic heterocycles. The van der Waals surface area contributed by atoms with Gasteiger partial charge >= 0.3 is 0 Å². The normalized spacial score (nSPS) is 28.9. The summed E-state index contributed by atoms with van der Waals surface area (Å²) in [4.78, 5) is 11.9. The number of nitrogens with one attached hydrogen (secondary N) is 1. The van der Waals surface area contributed by atoms with Gasteiger partial charge in [0.05, 0.1) is 18.8 Å². The van der Waals surface area contributed by atoms with E-state index in [9.17, 15) is 15.0 Å². The van der Waals surface area contributed by atoms with E-state index in [-0.39, 0.29) is 25.0 Å². The van der Waals surface area contributed by atoms with Crippen LogP contribution in [0, 0.1) is 17.8 Å². The second-order valence-corrected chi connectivity index (χ2v) is 5.28. The first-order chi connectivity index (χ1) is 7.65. The average Bonchev–Trinajstić information content (AvgIpc) is 3.17. The minimum Gasteiger partial charge on any atom is -0.394 e. The molecular formula is C12H21NO3. The molecule has 2 atom stereocenters. The van der Waals surface area contributed by atoms with E-state index in [1.165, 1.54) is 12.8 Å². The molecule has 0 saturated heterocycles. The molecule has 0 bridgehead atoms. The molecule has 92 valence electrons. The molecule has 2 saturated carbocycles. The van der Waals surface area contributed by atoms with Gasteiger partial charge < -0.3 is 15.5 Å². The van der Waals surface area contributed by atoms with Gasteiger partial charge in [0, 0.05) is 5.92 Å². The van der Waals surface area contributed by atoms with Crippen LogP contribution in [0.15, 0.2) is 0 Å². The largest absolute Gasteiger partial charge is 0.394 e. The summed E-state index contributed by atoms with van der Waals surface area (Å²) in [7, 11) is 0. The third-order valence-corrected chi connectivity index (χ3v) is 4.07. The summed E-state index contributed by atoms with van der Waals surface area (Å²) >= 11 is 0. The minimum absolute atomic E-state index is 0.0156. The highest BCUT2D eigenvalue weighted by Gasteiger charge is 2.52. The molecule has 2 aliphatic rings. The Morgan fingerprint density at radius 1 is 1.38 bits per heavy atom. The fourth-order valence-electron chi connectivity index (χ4n) is 2.36. The fourth-order valence-corrected chi connectivity index (χ4v) is 2.36. The number of carbonyl (C=O) groups excluding carboxylic acids is 1. The van der Waals surface area contributed by atoms with E-state index in [2.05, 4.69) is 5.32 Å². The van der Waals surface area contributed by atoms with Crippen molar-refractivity contribution in [2.75, 3.05) is 13.2 Å². The van der Waals surface area contributed by atoms with E-state index in [4.69, 9.17) is 0 Å². The second-order valence-electron chi connectivity index (χ2n) is 5.28. The van der Waals surface area contributed by atoms with Crippen molar-refractivity contribution in [1.82, 2.24) is 5.32 Å². The highest BCUT2D eigenvalue weighted by molar-refractivity contribution is 5.82. The summed E-state index contributed by atoms with van der Waals surface area (Å²) < 4.78 is 0. The van der Waals surface area contributed by atoms with Crippen LogP contribution in [0.5, 0.6) is 0 Å². The van der Waals surface area contributed by atoms with Gasteiger partial charge in [0.25, 0.3) is 0 Å². The average molecular weight is 227 g/mol. The van der Waals surface area contributed by atoms with Crippen molar-refractivity contribution >= 4 is 5.91 Å². The van der Waals surface area contributed by atoms with Crippen LogP contribution in [0.2, 0.25) is 0 Å². The molecule has 0 aromatic carbocycles. The molecule has 1 amide bonds. The highest BCUT2D eigenvalue weighted by Crippen LogP contribution is 2.54. The molecule has 0 radical (unpaired) electrons. The van der Waals surface area contributed by atoms with Crippen LogP contribution >= 0.6 is 0 Å².